The number of H-pyrrole nitrogens is 1. The zero-order chi connectivity index (χ0) is 17.8. The summed E-state index contributed by atoms with van der Waals surface area (Å²) in [6, 6.07) is 14.6. The van der Waals surface area contributed by atoms with Crippen LogP contribution >= 0.6 is 12.4 Å². The molecular formula is C20H24ClN5O. The summed E-state index contributed by atoms with van der Waals surface area (Å²) in [5, 5.41) is 11.1. The largest absolute Gasteiger partial charge is 0.496 e. The van der Waals surface area contributed by atoms with Gasteiger partial charge in [0.2, 0.25) is 0 Å². The van der Waals surface area contributed by atoms with E-state index < -0.39 is 0 Å². The van der Waals surface area contributed by atoms with Gasteiger partial charge in [0.25, 0.3) is 0 Å². The molecule has 1 atom stereocenters. The zero-order valence-corrected chi connectivity index (χ0v) is 16.1. The van der Waals surface area contributed by atoms with Crippen LogP contribution in [0.1, 0.15) is 17.3 Å². The second-order valence-corrected chi connectivity index (χ2v) is 6.45. The van der Waals surface area contributed by atoms with Crippen molar-refractivity contribution in [2.45, 2.75) is 12.6 Å². The van der Waals surface area contributed by atoms with E-state index in [2.05, 4.69) is 43.6 Å². The highest BCUT2D eigenvalue weighted by Gasteiger charge is 2.26. The van der Waals surface area contributed by atoms with Gasteiger partial charge in [-0.15, -0.1) is 12.4 Å². The maximum atomic E-state index is 5.58. The quantitative estimate of drug-likeness (QED) is 0.706. The summed E-state index contributed by atoms with van der Waals surface area (Å²) < 4.78 is 5.58. The van der Waals surface area contributed by atoms with Crippen molar-refractivity contribution in [1.29, 1.82) is 0 Å². The smallest absolute Gasteiger partial charge is 0.123 e. The molecule has 0 amide bonds. The molecule has 1 saturated heterocycles. The lowest BCUT2D eigenvalue weighted by atomic mass is 10.0. The number of benzene rings is 1. The van der Waals surface area contributed by atoms with E-state index in [1.165, 1.54) is 5.56 Å². The van der Waals surface area contributed by atoms with Crippen molar-refractivity contribution < 1.29 is 4.74 Å². The number of aromatic amines is 1. The number of nitrogens with one attached hydrogen (secondary N) is 2. The summed E-state index contributed by atoms with van der Waals surface area (Å²) in [4.78, 5) is 6.64. The van der Waals surface area contributed by atoms with Gasteiger partial charge in [0.05, 0.1) is 18.8 Å². The van der Waals surface area contributed by atoms with Gasteiger partial charge in [-0.25, -0.2) is 0 Å². The number of rotatable bonds is 5. The maximum absolute atomic E-state index is 5.58. The molecule has 1 fully saturated rings. The molecule has 27 heavy (non-hydrogen) atoms. The topological polar surface area (TPSA) is 66.1 Å². The van der Waals surface area contributed by atoms with Gasteiger partial charge in [-0.1, -0.05) is 18.2 Å². The second-order valence-electron chi connectivity index (χ2n) is 6.45. The van der Waals surface area contributed by atoms with E-state index in [0.29, 0.717) is 0 Å². The van der Waals surface area contributed by atoms with Crippen molar-refractivity contribution in [1.82, 2.24) is 25.4 Å². The lowest BCUT2D eigenvalue weighted by Gasteiger charge is -2.36. The molecular weight excluding hydrogens is 362 g/mol. The number of pyridine rings is 1. The summed E-state index contributed by atoms with van der Waals surface area (Å²) in [6.07, 6.45) is 3.61. The third kappa shape index (κ3) is 4.30. The minimum Gasteiger partial charge on any atom is -0.496 e. The highest BCUT2D eigenvalue weighted by Crippen LogP contribution is 2.31. The van der Waals surface area contributed by atoms with Gasteiger partial charge in [0.1, 0.15) is 5.75 Å². The standard InChI is InChI=1S/C20H23N5O.ClH/c1-26-20-7-3-2-6-17(20)19-13-22-9-10-25(19)14-16-11-18(24-23-16)15-5-4-8-21-12-15;/h2-8,11-12,19,22H,9-10,13-14H2,1H3,(H,23,24);1H. The number of hydrogen-bond donors (Lipinski definition) is 2. The molecule has 1 aromatic carbocycles. The van der Waals surface area contributed by atoms with Crippen molar-refractivity contribution in [3.63, 3.8) is 0 Å². The fraction of sp³-hybridized carbons (Fsp3) is 0.300. The molecule has 2 N–H and O–H groups in total. The van der Waals surface area contributed by atoms with Gasteiger partial charge in [0, 0.05) is 55.4 Å². The Bertz CT molecular complexity index is 854. The Morgan fingerprint density at radius 1 is 1.22 bits per heavy atom. The summed E-state index contributed by atoms with van der Waals surface area (Å²) in [5.74, 6) is 0.937. The van der Waals surface area contributed by atoms with E-state index in [1.807, 2.05) is 30.5 Å². The first kappa shape index (κ1) is 19.4. The van der Waals surface area contributed by atoms with Crippen LogP contribution in [-0.2, 0) is 6.54 Å². The first-order valence-electron chi connectivity index (χ1n) is 8.87. The molecule has 0 aliphatic carbocycles. The van der Waals surface area contributed by atoms with E-state index >= 15 is 0 Å². The molecule has 4 rings (SSSR count). The predicted octanol–water partition coefficient (Wildman–Crippen LogP) is 3.05. The summed E-state index contributed by atoms with van der Waals surface area (Å²) in [6.45, 7) is 3.68. The van der Waals surface area contributed by atoms with Gasteiger partial charge in [0.15, 0.2) is 0 Å². The highest BCUT2D eigenvalue weighted by molar-refractivity contribution is 5.85. The van der Waals surface area contributed by atoms with Crippen LogP contribution in [0, 0.1) is 0 Å². The normalized spacial score (nSPS) is 17.3. The lowest BCUT2D eigenvalue weighted by Crippen LogP contribution is -2.45. The molecule has 142 valence electrons. The van der Waals surface area contributed by atoms with E-state index in [1.54, 1.807) is 13.3 Å². The second kappa shape index (κ2) is 8.99. The van der Waals surface area contributed by atoms with E-state index in [9.17, 15) is 0 Å². The number of nitrogens with zero attached hydrogens (tertiary/aromatic N) is 3. The predicted molar refractivity (Wildman–Crippen MR) is 108 cm³/mol. The molecule has 2 aromatic heterocycles. The zero-order valence-electron chi connectivity index (χ0n) is 15.3. The number of halogens is 1. The number of methoxy groups -OCH3 is 1. The molecule has 3 aromatic rings. The van der Waals surface area contributed by atoms with Gasteiger partial charge in [-0.3, -0.25) is 15.0 Å². The van der Waals surface area contributed by atoms with Crippen LogP contribution < -0.4 is 10.1 Å². The average Bonchev–Trinajstić information content (AvgIpc) is 3.18. The fourth-order valence-electron chi connectivity index (χ4n) is 3.51. The Balaban J connectivity index is 0.00000210. The summed E-state index contributed by atoms with van der Waals surface area (Å²) in [7, 11) is 1.73. The van der Waals surface area contributed by atoms with Crippen LogP contribution in [0.3, 0.4) is 0 Å². The molecule has 1 aliphatic heterocycles. The SMILES string of the molecule is COc1ccccc1C1CNCCN1Cc1cc(-c2cccnc2)n[nH]1.Cl. The first-order valence-corrected chi connectivity index (χ1v) is 8.87. The third-order valence-electron chi connectivity index (χ3n) is 4.81. The number of hydrogen-bond acceptors (Lipinski definition) is 5. The van der Waals surface area contributed by atoms with E-state index in [-0.39, 0.29) is 18.4 Å². The van der Waals surface area contributed by atoms with Crippen LogP contribution in [0.4, 0.5) is 0 Å². The molecule has 0 radical (unpaired) electrons. The molecule has 0 bridgehead atoms. The molecule has 3 heterocycles. The Morgan fingerprint density at radius 3 is 2.93 bits per heavy atom. The van der Waals surface area contributed by atoms with Crippen LogP contribution in [0.5, 0.6) is 5.75 Å². The Kier molecular flexibility index (Phi) is 6.45. The highest BCUT2D eigenvalue weighted by atomic mass is 35.5. The van der Waals surface area contributed by atoms with E-state index in [4.69, 9.17) is 4.74 Å². The van der Waals surface area contributed by atoms with Gasteiger partial charge in [-0.05, 0) is 24.3 Å². The van der Waals surface area contributed by atoms with Crippen molar-refractivity contribution in [3.05, 3.63) is 66.1 Å². The van der Waals surface area contributed by atoms with Crippen LogP contribution in [-0.4, -0.2) is 46.8 Å². The molecule has 6 nitrogen and oxygen atoms in total. The molecule has 7 heteroatoms. The Hall–Kier alpha value is -2.41. The minimum atomic E-state index is 0. The number of aromatic nitrogens is 3. The van der Waals surface area contributed by atoms with Crippen LogP contribution in [0.25, 0.3) is 11.3 Å². The van der Waals surface area contributed by atoms with Crippen molar-refractivity contribution in [3.8, 4) is 17.0 Å². The van der Waals surface area contributed by atoms with Crippen LogP contribution in [0.15, 0.2) is 54.9 Å². The number of para-hydroxylation sites is 1. The molecule has 1 aliphatic rings. The molecule has 0 spiro atoms. The van der Waals surface area contributed by atoms with E-state index in [0.717, 1.165) is 48.9 Å². The molecule has 0 saturated carbocycles. The van der Waals surface area contributed by atoms with Crippen molar-refractivity contribution in [2.24, 2.45) is 0 Å². The van der Waals surface area contributed by atoms with Gasteiger partial charge >= 0.3 is 0 Å². The minimum absolute atomic E-state index is 0. The summed E-state index contributed by atoms with van der Waals surface area (Å²) in [5.41, 5.74) is 4.27. The average molecular weight is 386 g/mol. The van der Waals surface area contributed by atoms with Gasteiger partial charge in [-0.2, -0.15) is 5.10 Å². The third-order valence-corrected chi connectivity index (χ3v) is 4.81. The summed E-state index contributed by atoms with van der Waals surface area (Å²) >= 11 is 0. The van der Waals surface area contributed by atoms with Gasteiger partial charge < -0.3 is 10.1 Å². The fourth-order valence-corrected chi connectivity index (χ4v) is 3.51. The monoisotopic (exact) mass is 385 g/mol. The lowest BCUT2D eigenvalue weighted by molar-refractivity contribution is 0.149. The Morgan fingerprint density at radius 2 is 2.11 bits per heavy atom. The number of ether oxygens (including phenoxy) is 1. The first-order chi connectivity index (χ1) is 12.8. The van der Waals surface area contributed by atoms with Crippen LogP contribution in [0.2, 0.25) is 0 Å². The Labute approximate surface area is 165 Å². The van der Waals surface area contributed by atoms with Crippen molar-refractivity contribution >= 4 is 12.4 Å². The number of piperazine rings is 1. The maximum Gasteiger partial charge on any atom is 0.123 e. The molecule has 1 unspecified atom stereocenters. The van der Waals surface area contributed by atoms with Crippen molar-refractivity contribution in [2.75, 3.05) is 26.7 Å².